The quantitative estimate of drug-likeness (QED) is 0.869. The Morgan fingerprint density at radius 2 is 1.79 bits per heavy atom. The Morgan fingerprint density at radius 1 is 1.17 bits per heavy atom. The van der Waals surface area contributed by atoms with Crippen LogP contribution in [0.5, 0.6) is 5.75 Å². The van der Waals surface area contributed by atoms with Gasteiger partial charge in [-0.2, -0.15) is 4.98 Å². The number of nitrogens with one attached hydrogen (secondary N) is 1. The van der Waals surface area contributed by atoms with E-state index in [1.165, 1.54) is 12.1 Å². The number of rotatable bonds is 6. The maximum Gasteiger partial charge on any atom is 0.573 e. The lowest BCUT2D eigenvalue weighted by molar-refractivity contribution is -0.274. The number of anilines is 1. The van der Waals surface area contributed by atoms with E-state index >= 15 is 0 Å². The third kappa shape index (κ3) is 4.85. The number of alkyl halides is 3. The molecule has 0 bridgehead atoms. The predicted molar refractivity (Wildman–Crippen MR) is 81.6 cm³/mol. The molecule has 1 aromatic carbocycles. The molecule has 0 atom stereocenters. The minimum atomic E-state index is -4.70. The van der Waals surface area contributed by atoms with Gasteiger partial charge in [-0.25, -0.2) is 0 Å². The number of hydrogen-bond acceptors (Lipinski definition) is 6. The second-order valence-electron chi connectivity index (χ2n) is 5.93. The second-order valence-corrected chi connectivity index (χ2v) is 5.93. The number of halogens is 3. The predicted octanol–water partition coefficient (Wildman–Crippen LogP) is 3.06. The molecule has 0 spiro atoms. The average Bonchev–Trinajstić information content (AvgIpc) is 2.93. The summed E-state index contributed by atoms with van der Waals surface area (Å²) in [6.45, 7) is 4.13. The molecule has 0 radical (unpaired) electrons. The fourth-order valence-electron chi connectivity index (χ4n) is 1.97. The minimum absolute atomic E-state index is 0.255. The fourth-order valence-corrected chi connectivity index (χ4v) is 1.97. The molecule has 0 aliphatic heterocycles. The molecular weight excluding hydrogens is 325 g/mol. The molecule has 1 heterocycles. The number of benzene rings is 1. The van der Waals surface area contributed by atoms with Gasteiger partial charge in [0.1, 0.15) is 5.75 Å². The number of aromatic nitrogens is 2. The summed E-state index contributed by atoms with van der Waals surface area (Å²) in [6.07, 6.45) is -4.70. The van der Waals surface area contributed by atoms with E-state index in [0.717, 1.165) is 5.56 Å². The molecule has 0 aliphatic carbocycles. The minimum Gasteiger partial charge on any atom is -0.406 e. The lowest BCUT2D eigenvalue weighted by atomic mass is 9.94. The van der Waals surface area contributed by atoms with E-state index in [4.69, 9.17) is 4.52 Å². The topological polar surface area (TPSA) is 63.4 Å². The van der Waals surface area contributed by atoms with Crippen LogP contribution in [0.25, 0.3) is 0 Å². The van der Waals surface area contributed by atoms with Crippen LogP contribution in [0.1, 0.15) is 25.3 Å². The van der Waals surface area contributed by atoms with Gasteiger partial charge in [0.25, 0.3) is 5.95 Å². The highest BCUT2D eigenvalue weighted by Gasteiger charge is 2.31. The van der Waals surface area contributed by atoms with Crippen LogP contribution in [0.4, 0.5) is 19.1 Å². The first-order valence-electron chi connectivity index (χ1n) is 7.18. The van der Waals surface area contributed by atoms with Gasteiger partial charge >= 0.3 is 6.36 Å². The van der Waals surface area contributed by atoms with E-state index in [2.05, 4.69) is 20.2 Å². The normalized spacial score (nSPS) is 12.3. The Morgan fingerprint density at radius 3 is 2.29 bits per heavy atom. The van der Waals surface area contributed by atoms with E-state index in [1.807, 2.05) is 13.8 Å². The van der Waals surface area contributed by atoms with Crippen LogP contribution in [0, 0.1) is 0 Å². The molecule has 0 fully saturated rings. The van der Waals surface area contributed by atoms with Gasteiger partial charge in [-0.15, -0.1) is 13.2 Å². The van der Waals surface area contributed by atoms with Gasteiger partial charge in [0.05, 0.1) is 6.54 Å². The van der Waals surface area contributed by atoms with Crippen LogP contribution in [0.3, 0.4) is 0 Å². The van der Waals surface area contributed by atoms with Crippen LogP contribution in [-0.2, 0) is 12.1 Å². The second kappa shape index (κ2) is 6.68. The van der Waals surface area contributed by atoms with Crippen molar-refractivity contribution in [3.05, 3.63) is 35.7 Å². The molecule has 1 aromatic heterocycles. The fraction of sp³-hybridized carbons (Fsp3) is 0.467. The maximum atomic E-state index is 12.2. The van der Waals surface area contributed by atoms with Crippen molar-refractivity contribution in [1.29, 1.82) is 0 Å². The summed E-state index contributed by atoms with van der Waals surface area (Å²) in [4.78, 5) is 5.92. The van der Waals surface area contributed by atoms with Crippen LogP contribution in [-0.4, -0.2) is 30.6 Å². The van der Waals surface area contributed by atoms with Crippen molar-refractivity contribution >= 4 is 5.95 Å². The summed E-state index contributed by atoms with van der Waals surface area (Å²) in [6, 6.07) is 5.71. The van der Waals surface area contributed by atoms with E-state index in [0.29, 0.717) is 18.4 Å². The first-order valence-corrected chi connectivity index (χ1v) is 7.18. The zero-order chi connectivity index (χ0) is 18.0. The van der Waals surface area contributed by atoms with E-state index in [9.17, 15) is 13.2 Å². The highest BCUT2D eigenvalue weighted by molar-refractivity contribution is 5.31. The maximum absolute atomic E-state index is 12.2. The zero-order valence-electron chi connectivity index (χ0n) is 13.8. The largest absolute Gasteiger partial charge is 0.573 e. The Kier molecular flexibility index (Phi) is 5.02. The van der Waals surface area contributed by atoms with Gasteiger partial charge in [0, 0.05) is 19.6 Å². The monoisotopic (exact) mass is 344 g/mol. The third-order valence-corrected chi connectivity index (χ3v) is 3.35. The summed E-state index contributed by atoms with van der Waals surface area (Å²) in [5, 5.41) is 7.05. The molecule has 6 nitrogen and oxygen atoms in total. The van der Waals surface area contributed by atoms with Crippen LogP contribution < -0.4 is 15.0 Å². The van der Waals surface area contributed by atoms with Crippen molar-refractivity contribution in [2.45, 2.75) is 32.3 Å². The molecule has 1 N–H and O–H groups in total. The summed E-state index contributed by atoms with van der Waals surface area (Å²) < 4.78 is 45.5. The molecule has 0 unspecified atom stereocenters. The number of ether oxygens (including phenoxy) is 1. The first kappa shape index (κ1) is 18.1. The first-order chi connectivity index (χ1) is 11.1. The lowest BCUT2D eigenvalue weighted by Crippen LogP contribution is -2.36. The molecule has 0 saturated heterocycles. The lowest BCUT2D eigenvalue weighted by Gasteiger charge is -2.26. The van der Waals surface area contributed by atoms with E-state index in [-0.39, 0.29) is 5.75 Å². The molecule has 0 amide bonds. The highest BCUT2D eigenvalue weighted by Crippen LogP contribution is 2.26. The molecule has 132 valence electrons. The molecule has 0 aliphatic rings. The van der Waals surface area contributed by atoms with Crippen molar-refractivity contribution < 1.29 is 22.4 Å². The van der Waals surface area contributed by atoms with Crippen molar-refractivity contribution in [1.82, 2.24) is 15.5 Å². The van der Waals surface area contributed by atoms with Gasteiger partial charge in [-0.3, -0.25) is 5.32 Å². The van der Waals surface area contributed by atoms with Crippen molar-refractivity contribution in [3.8, 4) is 5.75 Å². The molecule has 24 heavy (non-hydrogen) atoms. The summed E-state index contributed by atoms with van der Waals surface area (Å²) >= 11 is 0. The Balaban J connectivity index is 2.01. The highest BCUT2D eigenvalue weighted by atomic mass is 19.4. The Bertz CT molecular complexity index is 666. The van der Waals surface area contributed by atoms with Gasteiger partial charge in [-0.1, -0.05) is 12.1 Å². The van der Waals surface area contributed by atoms with E-state index < -0.39 is 11.9 Å². The number of nitrogens with zero attached hydrogens (tertiary/aromatic N) is 3. The van der Waals surface area contributed by atoms with E-state index in [1.54, 1.807) is 31.1 Å². The average molecular weight is 344 g/mol. The SMILES string of the molecule is CN(C)c1noc(CNC(C)(C)c2ccc(OC(F)(F)F)cc2)n1. The van der Waals surface area contributed by atoms with Crippen molar-refractivity contribution in [2.75, 3.05) is 19.0 Å². The van der Waals surface area contributed by atoms with Gasteiger partial charge in [-0.05, 0) is 36.7 Å². The molecule has 2 aromatic rings. The zero-order valence-corrected chi connectivity index (χ0v) is 13.8. The number of hydrogen-bond donors (Lipinski definition) is 1. The smallest absolute Gasteiger partial charge is 0.406 e. The van der Waals surface area contributed by atoms with Crippen molar-refractivity contribution in [3.63, 3.8) is 0 Å². The van der Waals surface area contributed by atoms with Gasteiger partial charge in [0.2, 0.25) is 5.89 Å². The summed E-state index contributed by atoms with van der Waals surface area (Å²) in [7, 11) is 3.60. The molecule has 9 heteroatoms. The van der Waals surface area contributed by atoms with Crippen LogP contribution >= 0.6 is 0 Å². The van der Waals surface area contributed by atoms with Gasteiger partial charge < -0.3 is 14.2 Å². The summed E-state index contributed by atoms with van der Waals surface area (Å²) in [5.41, 5.74) is 0.285. The Labute approximate surface area is 137 Å². The Hall–Kier alpha value is -2.29. The third-order valence-electron chi connectivity index (χ3n) is 3.35. The van der Waals surface area contributed by atoms with Crippen LogP contribution in [0.2, 0.25) is 0 Å². The standard InChI is InChI=1S/C15H19F3N4O2/c1-14(2,19-9-12-20-13(21-24-12)22(3)4)10-5-7-11(8-6-10)23-15(16,17)18/h5-8,19H,9H2,1-4H3. The molecule has 0 saturated carbocycles. The molecule has 2 rings (SSSR count). The van der Waals surface area contributed by atoms with Gasteiger partial charge in [0.15, 0.2) is 0 Å². The summed E-state index contributed by atoms with van der Waals surface area (Å²) in [5.74, 6) is 0.636. The molecular formula is C15H19F3N4O2. The van der Waals surface area contributed by atoms with Crippen molar-refractivity contribution in [2.24, 2.45) is 0 Å². The van der Waals surface area contributed by atoms with Crippen LogP contribution in [0.15, 0.2) is 28.8 Å².